The topological polar surface area (TPSA) is 156 Å². The van der Waals surface area contributed by atoms with E-state index in [-0.39, 0.29) is 51.1 Å². The Kier molecular flexibility index (Phi) is 6.78. The molecule has 4 N–H and O–H groups in total. The van der Waals surface area contributed by atoms with Crippen LogP contribution in [-0.4, -0.2) is 46.5 Å². The summed E-state index contributed by atoms with van der Waals surface area (Å²) in [5.41, 5.74) is 1.52. The van der Waals surface area contributed by atoms with Crippen molar-refractivity contribution < 1.29 is 43.8 Å². The number of ketones is 1. The summed E-state index contributed by atoms with van der Waals surface area (Å²) in [5.74, 6) is -0.484. The van der Waals surface area contributed by atoms with Gasteiger partial charge in [-0.1, -0.05) is 6.08 Å². The summed E-state index contributed by atoms with van der Waals surface area (Å²) in [6.07, 6.45) is 8.70. The van der Waals surface area contributed by atoms with Crippen LogP contribution in [0.5, 0.6) is 11.5 Å². The van der Waals surface area contributed by atoms with Crippen molar-refractivity contribution in [3.8, 4) is 11.5 Å². The Bertz CT molecular complexity index is 1810. The van der Waals surface area contributed by atoms with Gasteiger partial charge in [-0.25, -0.2) is 0 Å². The van der Waals surface area contributed by atoms with E-state index < -0.39 is 23.2 Å². The fourth-order valence-electron chi connectivity index (χ4n) is 5.74. The zero-order valence-corrected chi connectivity index (χ0v) is 22.8. The van der Waals surface area contributed by atoms with E-state index in [1.807, 2.05) is 0 Å². The second kappa shape index (κ2) is 10.5. The highest BCUT2D eigenvalue weighted by Gasteiger charge is 2.43. The van der Waals surface area contributed by atoms with Gasteiger partial charge in [0.2, 0.25) is 0 Å². The Morgan fingerprint density at radius 2 is 1.69 bits per heavy atom. The van der Waals surface area contributed by atoms with Crippen LogP contribution in [0, 0.1) is 5.92 Å². The number of ether oxygens (including phenoxy) is 3. The summed E-state index contributed by atoms with van der Waals surface area (Å²) in [5, 5.41) is 41.2. The lowest BCUT2D eigenvalue weighted by Crippen LogP contribution is -2.37. The Morgan fingerprint density at radius 3 is 2.40 bits per heavy atom. The fourth-order valence-corrected chi connectivity index (χ4v) is 5.74. The number of aromatic hydroxyl groups is 2. The van der Waals surface area contributed by atoms with Gasteiger partial charge in [0, 0.05) is 49.8 Å². The van der Waals surface area contributed by atoms with Crippen molar-refractivity contribution in [2.45, 2.75) is 31.8 Å². The first-order valence-electron chi connectivity index (χ1n) is 13.4. The van der Waals surface area contributed by atoms with Crippen molar-refractivity contribution in [2.75, 3.05) is 14.2 Å². The molecule has 2 aromatic rings. The van der Waals surface area contributed by atoms with Crippen molar-refractivity contribution in [3.63, 3.8) is 0 Å². The second-order valence-electron chi connectivity index (χ2n) is 10.4. The minimum absolute atomic E-state index is 0.0150. The van der Waals surface area contributed by atoms with E-state index in [0.29, 0.717) is 48.3 Å². The van der Waals surface area contributed by atoms with Crippen LogP contribution in [-0.2, 0) is 19.0 Å². The number of phenolic OH excluding ortho intramolecular Hbond substituents is 2. The summed E-state index contributed by atoms with van der Waals surface area (Å²) < 4.78 is 23.5. The molecule has 1 aromatic heterocycles. The molecule has 2 heterocycles. The van der Waals surface area contributed by atoms with Crippen LogP contribution in [0.1, 0.15) is 31.4 Å². The fraction of sp³-hybridized carbons (Fsp3) is 0.250. The number of phenols is 2. The minimum atomic E-state index is -0.869. The lowest BCUT2D eigenvalue weighted by molar-refractivity contribution is -0.122. The molecular formula is C32H28O10. The molecule has 216 valence electrons. The summed E-state index contributed by atoms with van der Waals surface area (Å²) in [4.78, 5) is 26.4. The molecule has 0 fully saturated rings. The number of aliphatic hydroxyl groups excluding tert-OH is 2. The molecule has 0 saturated carbocycles. The van der Waals surface area contributed by atoms with Gasteiger partial charge >= 0.3 is 0 Å². The molecule has 3 aliphatic carbocycles. The number of aliphatic hydroxyl groups is 2. The van der Waals surface area contributed by atoms with Gasteiger partial charge < -0.3 is 39.1 Å². The molecular weight excluding hydrogens is 544 g/mol. The maximum atomic E-state index is 13.5. The van der Waals surface area contributed by atoms with E-state index >= 15 is 0 Å². The van der Waals surface area contributed by atoms with Gasteiger partial charge in [-0.3, -0.25) is 9.59 Å². The van der Waals surface area contributed by atoms with Gasteiger partial charge in [0.25, 0.3) is 0 Å². The van der Waals surface area contributed by atoms with Crippen molar-refractivity contribution in [1.29, 1.82) is 0 Å². The van der Waals surface area contributed by atoms with Gasteiger partial charge in [0.15, 0.2) is 11.2 Å². The van der Waals surface area contributed by atoms with E-state index in [4.69, 9.17) is 18.6 Å². The predicted octanol–water partition coefficient (Wildman–Crippen LogP) is 5.27. The normalized spacial score (nSPS) is 22.5. The molecule has 6 rings (SSSR count). The molecule has 4 aliphatic rings. The quantitative estimate of drug-likeness (QED) is 0.372. The molecule has 1 aromatic carbocycles. The molecule has 10 heteroatoms. The Morgan fingerprint density at radius 1 is 0.905 bits per heavy atom. The van der Waals surface area contributed by atoms with E-state index in [1.165, 1.54) is 38.5 Å². The molecule has 2 unspecified atom stereocenters. The van der Waals surface area contributed by atoms with Crippen molar-refractivity contribution in [1.82, 2.24) is 0 Å². The standard InChI is InChI=1S/C32H28O10/c1-39-24-8-5-16(26-12-22(37)30-20(35)10-18(34)11-28(30)41-26)9-19(24)29-21(36)14-27(40-2)31-23(38)13-25(42-32(29)31)15-3-6-17(33)7-4-15/h3,6,9-14,27,31,33-36H,4-5,7-8H2,1-2H3. The summed E-state index contributed by atoms with van der Waals surface area (Å²) >= 11 is 0. The Balaban J connectivity index is 1.51. The zero-order valence-electron chi connectivity index (χ0n) is 22.8. The van der Waals surface area contributed by atoms with E-state index in [0.717, 1.165) is 11.6 Å². The monoisotopic (exact) mass is 572 g/mol. The molecule has 0 spiro atoms. The van der Waals surface area contributed by atoms with Crippen molar-refractivity contribution >= 4 is 22.3 Å². The molecule has 1 aliphatic heterocycles. The molecule has 0 saturated heterocycles. The van der Waals surface area contributed by atoms with Gasteiger partial charge in [0.05, 0.1) is 24.5 Å². The minimum Gasteiger partial charge on any atom is -0.512 e. The van der Waals surface area contributed by atoms with Crippen LogP contribution in [0.25, 0.3) is 16.5 Å². The first kappa shape index (κ1) is 27.2. The number of fused-ring (bicyclic) bond motifs is 2. The molecule has 2 atom stereocenters. The number of carbonyl (C=O) groups excluding carboxylic acids is 1. The number of carbonyl (C=O) groups is 1. The number of hydrogen-bond donors (Lipinski definition) is 4. The van der Waals surface area contributed by atoms with Gasteiger partial charge in [-0.05, 0) is 42.2 Å². The molecule has 0 bridgehead atoms. The highest BCUT2D eigenvalue weighted by molar-refractivity contribution is 5.97. The van der Waals surface area contributed by atoms with Crippen LogP contribution in [0.15, 0.2) is 103 Å². The van der Waals surface area contributed by atoms with Gasteiger partial charge in [-0.2, -0.15) is 0 Å². The second-order valence-corrected chi connectivity index (χ2v) is 10.4. The highest BCUT2D eigenvalue weighted by Crippen LogP contribution is 2.45. The maximum Gasteiger partial charge on any atom is 0.197 e. The summed E-state index contributed by atoms with van der Waals surface area (Å²) in [6, 6.07) is 3.58. The van der Waals surface area contributed by atoms with Crippen LogP contribution in [0.2, 0.25) is 0 Å². The summed E-state index contributed by atoms with van der Waals surface area (Å²) in [6.45, 7) is 0. The molecule has 0 radical (unpaired) electrons. The number of benzene rings is 1. The van der Waals surface area contributed by atoms with Crippen LogP contribution in [0.4, 0.5) is 0 Å². The average molecular weight is 573 g/mol. The first-order chi connectivity index (χ1) is 20.2. The maximum absolute atomic E-state index is 13.5. The van der Waals surface area contributed by atoms with Crippen LogP contribution in [0.3, 0.4) is 0 Å². The third-order valence-electron chi connectivity index (χ3n) is 7.82. The largest absolute Gasteiger partial charge is 0.512 e. The van der Waals surface area contributed by atoms with E-state index in [9.17, 15) is 30.0 Å². The number of methoxy groups -OCH3 is 2. The Hall–Kier alpha value is -4.96. The van der Waals surface area contributed by atoms with Crippen LogP contribution >= 0.6 is 0 Å². The SMILES string of the molecule is COC1=C(C2=C3OC(C4=CC=C(O)CC4)=CC(=O)C3C(OC)C=C2O)C=C(c2cc(=O)c3c(O)cc(O)cc3o2)CC1. The molecule has 10 nitrogen and oxygen atoms in total. The van der Waals surface area contributed by atoms with Crippen molar-refractivity contribution in [3.05, 3.63) is 110 Å². The number of rotatable bonds is 5. The number of allylic oxidation sites excluding steroid dienone is 9. The van der Waals surface area contributed by atoms with E-state index in [1.54, 1.807) is 18.2 Å². The van der Waals surface area contributed by atoms with Crippen LogP contribution < -0.4 is 5.43 Å². The number of hydrogen-bond acceptors (Lipinski definition) is 10. The lowest BCUT2D eigenvalue weighted by Gasteiger charge is -2.35. The summed E-state index contributed by atoms with van der Waals surface area (Å²) in [7, 11) is 2.95. The van der Waals surface area contributed by atoms with E-state index in [2.05, 4.69) is 0 Å². The first-order valence-corrected chi connectivity index (χ1v) is 13.4. The molecule has 42 heavy (non-hydrogen) atoms. The van der Waals surface area contributed by atoms with Crippen molar-refractivity contribution in [2.24, 2.45) is 5.92 Å². The van der Waals surface area contributed by atoms with Gasteiger partial charge in [0.1, 0.15) is 57.2 Å². The smallest absolute Gasteiger partial charge is 0.197 e. The third kappa shape index (κ3) is 4.59. The van der Waals surface area contributed by atoms with Gasteiger partial charge in [-0.15, -0.1) is 0 Å². The lowest BCUT2D eigenvalue weighted by atomic mass is 9.80. The highest BCUT2D eigenvalue weighted by atomic mass is 16.5. The average Bonchev–Trinajstić information content (AvgIpc) is 2.96. The molecule has 0 amide bonds. The zero-order chi connectivity index (χ0) is 29.7. The predicted molar refractivity (Wildman–Crippen MR) is 151 cm³/mol. The Labute approximate surface area is 239 Å². The third-order valence-corrected chi connectivity index (χ3v) is 7.82.